The molecule has 156 valence electrons. The molecule has 0 aliphatic rings. The highest BCUT2D eigenvalue weighted by Gasteiger charge is 2.21. The first-order chi connectivity index (χ1) is 14.2. The number of benzene rings is 2. The molecular weight excluding hydrogens is 410 g/mol. The summed E-state index contributed by atoms with van der Waals surface area (Å²) in [5, 5.41) is 17.5. The molecule has 11 heteroatoms. The second-order valence-corrected chi connectivity index (χ2v) is 8.65. The number of aromatic nitrogens is 2. The highest BCUT2D eigenvalue weighted by atomic mass is 32.2. The fraction of sp³-hybridized carbons (Fsp3) is 0.158. The van der Waals surface area contributed by atoms with Crippen LogP contribution in [0.2, 0.25) is 0 Å². The number of carbonyl (C=O) groups is 1. The van der Waals surface area contributed by atoms with Crippen molar-refractivity contribution in [2.24, 2.45) is 0 Å². The predicted octanol–water partition coefficient (Wildman–Crippen LogP) is 1.96. The fourth-order valence-corrected chi connectivity index (χ4v) is 3.80. The predicted molar refractivity (Wildman–Crippen MR) is 109 cm³/mol. The van der Waals surface area contributed by atoms with E-state index in [9.17, 15) is 23.3 Å². The molecule has 0 saturated heterocycles. The van der Waals surface area contributed by atoms with Gasteiger partial charge in [-0.25, -0.2) is 17.4 Å². The number of nitro benzene ring substituents is 1. The molecule has 3 rings (SSSR count). The summed E-state index contributed by atoms with van der Waals surface area (Å²) in [7, 11) is -0.761. The minimum Gasteiger partial charge on any atom is -0.348 e. The lowest BCUT2D eigenvalue weighted by Crippen LogP contribution is -2.27. The monoisotopic (exact) mass is 429 g/mol. The zero-order chi connectivity index (χ0) is 21.9. The lowest BCUT2D eigenvalue weighted by Gasteiger charge is -2.15. The molecule has 0 radical (unpaired) electrons. The molecule has 0 bridgehead atoms. The highest BCUT2D eigenvalue weighted by Crippen LogP contribution is 2.19. The summed E-state index contributed by atoms with van der Waals surface area (Å²) >= 11 is 0. The average Bonchev–Trinajstić information content (AvgIpc) is 3.22. The standard InChI is InChI=1S/C19H19N5O5S/c1-22(2)30(28,29)18-6-4-3-5-14(18)11-20-19(25)15-12-21-23(13-15)16-7-9-17(10-8-16)24(26)27/h3-10,12-13H,11H2,1-2H3,(H,20,25). The van der Waals surface area contributed by atoms with Crippen LogP contribution in [0, 0.1) is 10.1 Å². The Hall–Kier alpha value is -3.57. The number of hydrogen-bond acceptors (Lipinski definition) is 6. The van der Waals surface area contributed by atoms with Gasteiger partial charge in [-0.15, -0.1) is 0 Å². The van der Waals surface area contributed by atoms with Crippen LogP contribution in [-0.2, 0) is 16.6 Å². The van der Waals surface area contributed by atoms with Gasteiger partial charge < -0.3 is 5.32 Å². The number of nitrogens with zero attached hydrogens (tertiary/aromatic N) is 4. The number of rotatable bonds is 7. The Morgan fingerprint density at radius 1 is 1.17 bits per heavy atom. The normalized spacial score (nSPS) is 11.4. The zero-order valence-electron chi connectivity index (χ0n) is 16.2. The molecule has 2 aromatic carbocycles. The summed E-state index contributed by atoms with van der Waals surface area (Å²) in [6.07, 6.45) is 2.85. The van der Waals surface area contributed by atoms with Gasteiger partial charge in [-0.05, 0) is 23.8 Å². The average molecular weight is 429 g/mol. The van der Waals surface area contributed by atoms with Gasteiger partial charge in [0.1, 0.15) is 0 Å². The van der Waals surface area contributed by atoms with Crippen molar-refractivity contribution in [1.82, 2.24) is 19.4 Å². The van der Waals surface area contributed by atoms with Crippen molar-refractivity contribution in [3.63, 3.8) is 0 Å². The van der Waals surface area contributed by atoms with Crippen molar-refractivity contribution < 1.29 is 18.1 Å². The second kappa shape index (κ2) is 8.43. The third-order valence-corrected chi connectivity index (χ3v) is 6.26. The molecule has 0 atom stereocenters. The van der Waals surface area contributed by atoms with Gasteiger partial charge in [0.25, 0.3) is 11.6 Å². The van der Waals surface area contributed by atoms with E-state index in [-0.39, 0.29) is 22.7 Å². The van der Waals surface area contributed by atoms with Crippen LogP contribution in [0.4, 0.5) is 5.69 Å². The van der Waals surface area contributed by atoms with E-state index < -0.39 is 20.9 Å². The van der Waals surface area contributed by atoms with E-state index in [0.29, 0.717) is 11.3 Å². The van der Waals surface area contributed by atoms with Crippen LogP contribution in [0.1, 0.15) is 15.9 Å². The Balaban J connectivity index is 1.74. The van der Waals surface area contributed by atoms with Crippen molar-refractivity contribution in [3.05, 3.63) is 82.2 Å². The molecule has 10 nitrogen and oxygen atoms in total. The van der Waals surface area contributed by atoms with Crippen molar-refractivity contribution in [2.75, 3.05) is 14.1 Å². The minimum absolute atomic E-state index is 0.0186. The van der Waals surface area contributed by atoms with E-state index in [1.807, 2.05) is 0 Å². The topological polar surface area (TPSA) is 127 Å². The smallest absolute Gasteiger partial charge is 0.269 e. The summed E-state index contributed by atoms with van der Waals surface area (Å²) in [5.41, 5.74) is 1.24. The number of nitrogens with one attached hydrogen (secondary N) is 1. The Kier molecular flexibility index (Phi) is 5.94. The van der Waals surface area contributed by atoms with Gasteiger partial charge in [0, 0.05) is 39.0 Å². The first-order valence-electron chi connectivity index (χ1n) is 8.78. The summed E-state index contributed by atoms with van der Waals surface area (Å²) in [4.78, 5) is 22.9. The van der Waals surface area contributed by atoms with Crippen molar-refractivity contribution >= 4 is 21.6 Å². The van der Waals surface area contributed by atoms with Gasteiger partial charge in [0.05, 0.1) is 27.3 Å². The van der Waals surface area contributed by atoms with E-state index in [1.165, 1.54) is 61.5 Å². The third-order valence-electron chi connectivity index (χ3n) is 4.34. The molecule has 30 heavy (non-hydrogen) atoms. The zero-order valence-corrected chi connectivity index (χ0v) is 17.0. The molecule has 0 aliphatic carbocycles. The van der Waals surface area contributed by atoms with E-state index in [0.717, 1.165) is 4.31 Å². The van der Waals surface area contributed by atoms with Gasteiger partial charge in [-0.2, -0.15) is 5.10 Å². The maximum absolute atomic E-state index is 12.5. The van der Waals surface area contributed by atoms with Crippen LogP contribution < -0.4 is 5.32 Å². The van der Waals surface area contributed by atoms with Crippen molar-refractivity contribution in [2.45, 2.75) is 11.4 Å². The number of sulfonamides is 1. The van der Waals surface area contributed by atoms with Crippen LogP contribution in [0.3, 0.4) is 0 Å². The quantitative estimate of drug-likeness (QED) is 0.452. The Morgan fingerprint density at radius 3 is 2.47 bits per heavy atom. The molecule has 0 aliphatic heterocycles. The minimum atomic E-state index is -3.64. The molecular formula is C19H19N5O5S. The first-order valence-corrected chi connectivity index (χ1v) is 10.2. The van der Waals surface area contributed by atoms with Crippen LogP contribution in [-0.4, -0.2) is 47.4 Å². The number of carbonyl (C=O) groups excluding carboxylic acids is 1. The lowest BCUT2D eigenvalue weighted by atomic mass is 10.2. The van der Waals surface area contributed by atoms with Crippen LogP contribution >= 0.6 is 0 Å². The number of amides is 1. The molecule has 0 spiro atoms. The molecule has 0 fully saturated rings. The third kappa shape index (κ3) is 4.36. The number of non-ortho nitro benzene ring substituents is 1. The van der Waals surface area contributed by atoms with E-state index in [2.05, 4.69) is 10.4 Å². The summed E-state index contributed by atoms with van der Waals surface area (Å²) in [5.74, 6) is -0.430. The first kappa shape index (κ1) is 21.1. The van der Waals surface area contributed by atoms with Gasteiger partial charge in [-0.1, -0.05) is 18.2 Å². The van der Waals surface area contributed by atoms with Gasteiger partial charge in [0.2, 0.25) is 10.0 Å². The van der Waals surface area contributed by atoms with Crippen LogP contribution in [0.5, 0.6) is 0 Å². The molecule has 0 saturated carbocycles. The molecule has 1 heterocycles. The van der Waals surface area contributed by atoms with Crippen LogP contribution in [0.15, 0.2) is 65.8 Å². The van der Waals surface area contributed by atoms with E-state index in [4.69, 9.17) is 0 Å². The Labute approximate surface area is 172 Å². The largest absolute Gasteiger partial charge is 0.348 e. The Morgan fingerprint density at radius 2 is 1.83 bits per heavy atom. The molecule has 0 unspecified atom stereocenters. The van der Waals surface area contributed by atoms with Gasteiger partial charge in [-0.3, -0.25) is 14.9 Å². The van der Waals surface area contributed by atoms with Crippen molar-refractivity contribution in [1.29, 1.82) is 0 Å². The molecule has 1 N–H and O–H groups in total. The number of hydrogen-bond donors (Lipinski definition) is 1. The van der Waals surface area contributed by atoms with E-state index in [1.54, 1.807) is 18.2 Å². The van der Waals surface area contributed by atoms with Gasteiger partial charge in [0.15, 0.2) is 0 Å². The molecule has 1 amide bonds. The second-order valence-electron chi connectivity index (χ2n) is 6.52. The number of nitro groups is 1. The molecule has 3 aromatic rings. The summed E-state index contributed by atoms with van der Waals surface area (Å²) in [6.45, 7) is 0.0186. The summed E-state index contributed by atoms with van der Waals surface area (Å²) < 4.78 is 27.4. The summed E-state index contributed by atoms with van der Waals surface area (Å²) in [6, 6.07) is 12.2. The SMILES string of the molecule is CN(C)S(=O)(=O)c1ccccc1CNC(=O)c1cnn(-c2ccc([N+](=O)[O-])cc2)c1. The maximum atomic E-state index is 12.5. The van der Waals surface area contributed by atoms with Gasteiger partial charge >= 0.3 is 0 Å². The Bertz CT molecular complexity index is 1190. The maximum Gasteiger partial charge on any atom is 0.269 e. The fourth-order valence-electron chi connectivity index (χ4n) is 2.68. The highest BCUT2D eigenvalue weighted by molar-refractivity contribution is 7.89. The van der Waals surface area contributed by atoms with E-state index >= 15 is 0 Å². The molecule has 1 aromatic heterocycles. The van der Waals surface area contributed by atoms with Crippen molar-refractivity contribution in [3.8, 4) is 5.69 Å². The lowest BCUT2D eigenvalue weighted by molar-refractivity contribution is -0.384. The van der Waals surface area contributed by atoms with Crippen LogP contribution in [0.25, 0.3) is 5.69 Å².